The zero-order valence-electron chi connectivity index (χ0n) is 12.2. The van der Waals surface area contributed by atoms with Crippen LogP contribution in [0.15, 0.2) is 18.2 Å². The molecule has 0 unspecified atom stereocenters. The Morgan fingerprint density at radius 3 is 2.45 bits per heavy atom. The first-order chi connectivity index (χ1) is 9.32. The predicted molar refractivity (Wildman–Crippen MR) is 78.2 cm³/mol. The minimum Gasteiger partial charge on any atom is -0.378 e. The van der Waals surface area contributed by atoms with E-state index in [4.69, 9.17) is 0 Å². The highest BCUT2D eigenvalue weighted by Crippen LogP contribution is 2.25. The van der Waals surface area contributed by atoms with E-state index in [1.54, 1.807) is 14.1 Å². The van der Waals surface area contributed by atoms with Crippen LogP contribution in [-0.2, 0) is 0 Å². The van der Waals surface area contributed by atoms with Crippen molar-refractivity contribution < 1.29 is 9.72 Å². The third-order valence-corrected chi connectivity index (χ3v) is 2.72. The van der Waals surface area contributed by atoms with Crippen molar-refractivity contribution in [2.45, 2.75) is 0 Å². The minimum absolute atomic E-state index is 0.0286. The number of nitrogens with zero attached hydrogens (tertiary/aromatic N) is 3. The molecule has 0 bridgehead atoms. The molecule has 0 saturated carbocycles. The lowest BCUT2D eigenvalue weighted by Gasteiger charge is -2.14. The van der Waals surface area contributed by atoms with Crippen LogP contribution in [0.3, 0.4) is 0 Å². The molecule has 1 N–H and O–H groups in total. The highest BCUT2D eigenvalue weighted by Gasteiger charge is 2.17. The van der Waals surface area contributed by atoms with Crippen molar-refractivity contribution in [2.75, 3.05) is 46.6 Å². The number of hydrogen-bond donors (Lipinski definition) is 1. The Morgan fingerprint density at radius 2 is 1.95 bits per heavy atom. The summed E-state index contributed by atoms with van der Waals surface area (Å²) in [5.41, 5.74) is 0.761. The Labute approximate surface area is 118 Å². The number of hydrogen-bond acceptors (Lipinski definition) is 5. The van der Waals surface area contributed by atoms with Crippen LogP contribution in [-0.4, -0.2) is 61.9 Å². The Balaban J connectivity index is 3.00. The molecule has 0 atom stereocenters. The van der Waals surface area contributed by atoms with Crippen molar-refractivity contribution in [3.63, 3.8) is 0 Å². The summed E-state index contributed by atoms with van der Waals surface area (Å²) >= 11 is 0. The van der Waals surface area contributed by atoms with Crippen molar-refractivity contribution in [1.82, 2.24) is 9.80 Å². The lowest BCUT2D eigenvalue weighted by Crippen LogP contribution is -2.23. The molecule has 0 aliphatic heterocycles. The van der Waals surface area contributed by atoms with Crippen molar-refractivity contribution >= 4 is 17.3 Å². The van der Waals surface area contributed by atoms with E-state index in [-0.39, 0.29) is 11.6 Å². The van der Waals surface area contributed by atoms with Gasteiger partial charge in [0, 0.05) is 38.8 Å². The Hall–Kier alpha value is -2.15. The van der Waals surface area contributed by atoms with Gasteiger partial charge in [-0.15, -0.1) is 0 Å². The summed E-state index contributed by atoms with van der Waals surface area (Å²) in [7, 11) is 7.12. The molecule has 7 nitrogen and oxygen atoms in total. The van der Waals surface area contributed by atoms with Crippen LogP contribution >= 0.6 is 0 Å². The average molecular weight is 280 g/mol. The lowest BCUT2D eigenvalue weighted by molar-refractivity contribution is -0.384. The first-order valence-corrected chi connectivity index (χ1v) is 6.21. The molecule has 110 valence electrons. The molecule has 0 fully saturated rings. The molecule has 20 heavy (non-hydrogen) atoms. The van der Waals surface area contributed by atoms with Crippen molar-refractivity contribution in [3.05, 3.63) is 33.9 Å². The monoisotopic (exact) mass is 280 g/mol. The topological polar surface area (TPSA) is 78.7 Å². The fourth-order valence-electron chi connectivity index (χ4n) is 1.64. The van der Waals surface area contributed by atoms with Gasteiger partial charge in [-0.3, -0.25) is 14.9 Å². The number of nitrogens with one attached hydrogen (secondary N) is 1. The third-order valence-electron chi connectivity index (χ3n) is 2.72. The van der Waals surface area contributed by atoms with E-state index >= 15 is 0 Å². The highest BCUT2D eigenvalue weighted by atomic mass is 16.6. The summed E-state index contributed by atoms with van der Waals surface area (Å²) < 4.78 is 0. The minimum atomic E-state index is -0.456. The molecule has 0 saturated heterocycles. The van der Waals surface area contributed by atoms with E-state index in [9.17, 15) is 14.9 Å². The van der Waals surface area contributed by atoms with Crippen LogP contribution in [0.5, 0.6) is 0 Å². The molecule has 1 aromatic rings. The number of amides is 1. The first-order valence-electron chi connectivity index (χ1n) is 6.21. The largest absolute Gasteiger partial charge is 0.378 e. The van der Waals surface area contributed by atoms with Crippen molar-refractivity contribution in [3.8, 4) is 0 Å². The Bertz CT molecular complexity index is 500. The van der Waals surface area contributed by atoms with Crippen molar-refractivity contribution in [1.29, 1.82) is 0 Å². The smallest absolute Gasteiger partial charge is 0.292 e. The van der Waals surface area contributed by atoms with E-state index in [0.717, 1.165) is 6.54 Å². The molecule has 0 radical (unpaired) electrons. The number of carbonyl (C=O) groups is 1. The van der Waals surface area contributed by atoms with Gasteiger partial charge in [-0.1, -0.05) is 0 Å². The summed E-state index contributed by atoms with van der Waals surface area (Å²) in [4.78, 5) is 25.8. The van der Waals surface area contributed by atoms with E-state index in [1.807, 2.05) is 19.0 Å². The molecule has 1 amide bonds. The molecule has 0 aliphatic rings. The number of anilines is 1. The van der Waals surface area contributed by atoms with E-state index in [0.29, 0.717) is 17.8 Å². The highest BCUT2D eigenvalue weighted by molar-refractivity contribution is 5.95. The van der Waals surface area contributed by atoms with E-state index < -0.39 is 4.92 Å². The maximum atomic E-state index is 11.9. The number of likely N-dealkylation sites (N-methyl/N-ethyl adjacent to an activating group) is 1. The van der Waals surface area contributed by atoms with Gasteiger partial charge in [0.05, 0.1) is 4.92 Å². The fourth-order valence-corrected chi connectivity index (χ4v) is 1.64. The molecule has 1 aromatic carbocycles. The lowest BCUT2D eigenvalue weighted by atomic mass is 10.1. The third kappa shape index (κ3) is 4.20. The van der Waals surface area contributed by atoms with E-state index in [2.05, 4.69) is 5.32 Å². The van der Waals surface area contributed by atoms with Crippen LogP contribution < -0.4 is 5.32 Å². The van der Waals surface area contributed by atoms with Crippen LogP contribution in [0.4, 0.5) is 11.4 Å². The number of nitro benzene ring substituents is 1. The van der Waals surface area contributed by atoms with Gasteiger partial charge in [-0.25, -0.2) is 0 Å². The van der Waals surface area contributed by atoms with Gasteiger partial charge in [0.25, 0.3) is 11.6 Å². The SMILES string of the molecule is CN(C)CCNc1cc(C(=O)N(C)C)ccc1[N+](=O)[O-]. The normalized spacial score (nSPS) is 10.4. The van der Waals surface area contributed by atoms with Crippen LogP contribution in [0.2, 0.25) is 0 Å². The average Bonchev–Trinajstić information content (AvgIpc) is 2.36. The first kappa shape index (κ1) is 15.9. The van der Waals surface area contributed by atoms with Crippen molar-refractivity contribution in [2.24, 2.45) is 0 Å². The summed E-state index contributed by atoms with van der Waals surface area (Å²) in [5, 5.41) is 14.0. The second-order valence-corrected chi connectivity index (χ2v) is 4.92. The second-order valence-electron chi connectivity index (χ2n) is 4.92. The van der Waals surface area contributed by atoms with Gasteiger partial charge in [0.15, 0.2) is 0 Å². The molecule has 0 aliphatic carbocycles. The summed E-state index contributed by atoms with van der Waals surface area (Å²) in [5.74, 6) is -0.185. The molecule has 0 heterocycles. The zero-order valence-corrected chi connectivity index (χ0v) is 12.2. The second kappa shape index (κ2) is 6.85. The summed E-state index contributed by atoms with van der Waals surface area (Å²) in [6, 6.07) is 4.35. The summed E-state index contributed by atoms with van der Waals surface area (Å²) in [6.07, 6.45) is 0. The van der Waals surface area contributed by atoms with Gasteiger partial charge in [-0.05, 0) is 26.2 Å². The summed E-state index contributed by atoms with van der Waals surface area (Å²) in [6.45, 7) is 1.30. The van der Waals surface area contributed by atoms with Gasteiger partial charge in [0.1, 0.15) is 5.69 Å². The van der Waals surface area contributed by atoms with Crippen LogP contribution in [0.25, 0.3) is 0 Å². The van der Waals surface area contributed by atoms with Crippen LogP contribution in [0, 0.1) is 10.1 Å². The molecular weight excluding hydrogens is 260 g/mol. The van der Waals surface area contributed by atoms with E-state index in [1.165, 1.54) is 23.1 Å². The zero-order chi connectivity index (χ0) is 15.3. The van der Waals surface area contributed by atoms with Gasteiger partial charge in [-0.2, -0.15) is 0 Å². The maximum absolute atomic E-state index is 11.9. The number of nitro groups is 1. The van der Waals surface area contributed by atoms with Gasteiger partial charge in [0.2, 0.25) is 0 Å². The molecule has 0 spiro atoms. The fraction of sp³-hybridized carbons (Fsp3) is 0.462. The quantitative estimate of drug-likeness (QED) is 0.627. The Morgan fingerprint density at radius 1 is 1.30 bits per heavy atom. The standard InChI is InChI=1S/C13H20N4O3/c1-15(2)8-7-14-11-9-10(13(18)16(3)4)5-6-12(11)17(19)20/h5-6,9,14H,7-8H2,1-4H3. The molecular formula is C13H20N4O3. The maximum Gasteiger partial charge on any atom is 0.292 e. The Kier molecular flexibility index (Phi) is 5.45. The van der Waals surface area contributed by atoms with Gasteiger partial charge >= 0.3 is 0 Å². The predicted octanol–water partition coefficient (Wildman–Crippen LogP) is 1.27. The number of benzene rings is 1. The number of rotatable bonds is 6. The van der Waals surface area contributed by atoms with Crippen LogP contribution in [0.1, 0.15) is 10.4 Å². The molecule has 0 aromatic heterocycles. The molecule has 1 rings (SSSR count). The molecule has 7 heteroatoms. The number of carbonyl (C=O) groups excluding carboxylic acids is 1. The van der Waals surface area contributed by atoms with Gasteiger partial charge < -0.3 is 15.1 Å².